The molecule has 0 saturated carbocycles. The molecular weight excluding hydrogens is 498 g/mol. The van der Waals surface area contributed by atoms with Crippen molar-refractivity contribution in [1.29, 1.82) is 0 Å². The summed E-state index contributed by atoms with van der Waals surface area (Å²) in [5.74, 6) is 1.22. The van der Waals surface area contributed by atoms with Crippen LogP contribution in [0.1, 0.15) is 0 Å². The van der Waals surface area contributed by atoms with Crippen molar-refractivity contribution >= 4 is 24.7 Å². The predicted molar refractivity (Wildman–Crippen MR) is 86.0 cm³/mol. The van der Waals surface area contributed by atoms with Gasteiger partial charge in [-0.05, 0) is 0 Å². The van der Waals surface area contributed by atoms with E-state index in [4.69, 9.17) is 4.74 Å². The number of nitro groups is 1. The summed E-state index contributed by atoms with van der Waals surface area (Å²) in [4.78, 5) is 10.7. The van der Waals surface area contributed by atoms with Crippen LogP contribution in [0, 0.1) is 16.0 Å². The van der Waals surface area contributed by atoms with Crippen molar-refractivity contribution in [3.8, 4) is 0 Å². The van der Waals surface area contributed by atoms with E-state index in [0.717, 1.165) is 9.34 Å². The summed E-state index contributed by atoms with van der Waals surface area (Å²) < 4.78 is 14.5. The number of allylic oxidation sites excluding steroid dienone is 4. The molecule has 1 N–H and O–H groups in total. The van der Waals surface area contributed by atoms with Crippen molar-refractivity contribution in [1.82, 2.24) is 3.53 Å². The molecule has 7 heteroatoms. The first kappa shape index (κ1) is 15.1. The topological polar surface area (TPSA) is 64.4 Å². The van der Waals surface area contributed by atoms with Gasteiger partial charge in [0.2, 0.25) is 0 Å². The Labute approximate surface area is 143 Å². The van der Waals surface area contributed by atoms with Crippen LogP contribution in [0.5, 0.6) is 0 Å². The molecule has 21 heavy (non-hydrogen) atoms. The summed E-state index contributed by atoms with van der Waals surface area (Å²) in [7, 11) is 0. The number of rotatable bonds is 4. The molecule has 1 unspecified atom stereocenters. The Morgan fingerprint density at radius 3 is 3.19 bits per heavy atom. The second-order valence-corrected chi connectivity index (χ2v) is 9.08. The van der Waals surface area contributed by atoms with Crippen LogP contribution >= 0.6 is 20.7 Å². The van der Waals surface area contributed by atoms with Crippen molar-refractivity contribution in [3.05, 3.63) is 65.7 Å². The van der Waals surface area contributed by atoms with Gasteiger partial charge in [0.1, 0.15) is 0 Å². The molecule has 0 spiro atoms. The fraction of sp³-hybridized carbons (Fsp3) is 0.214. The van der Waals surface area contributed by atoms with Crippen LogP contribution in [0.2, 0.25) is 0 Å². The number of hydrogen-bond acceptors (Lipinski definition) is 4. The average molecular weight is 511 g/mol. The second kappa shape index (κ2) is 6.97. The Hall–Kier alpha value is -0.810. The molecule has 112 valence electrons. The molecule has 0 bridgehead atoms. The van der Waals surface area contributed by atoms with Gasteiger partial charge in [0.25, 0.3) is 0 Å². The molecule has 0 amide bonds. The van der Waals surface area contributed by atoms with Crippen molar-refractivity contribution in [2.75, 3.05) is 6.61 Å². The summed E-state index contributed by atoms with van der Waals surface area (Å²) in [5, 5.41) is 11.0. The van der Waals surface area contributed by atoms with Gasteiger partial charge in [-0.2, -0.15) is 0 Å². The molecular formula is C14H13I2N2O3-. The van der Waals surface area contributed by atoms with Crippen LogP contribution < -0.4 is 25.0 Å². The van der Waals surface area contributed by atoms with Crippen LogP contribution in [-0.4, -0.2) is 21.6 Å². The third kappa shape index (κ3) is 3.51. The minimum atomic E-state index is -0.446. The third-order valence-corrected chi connectivity index (χ3v) is 7.38. The second-order valence-electron chi connectivity index (χ2n) is 4.48. The van der Waals surface area contributed by atoms with Crippen LogP contribution in [-0.2, 0) is 4.74 Å². The molecule has 3 aliphatic rings. The van der Waals surface area contributed by atoms with E-state index in [9.17, 15) is 10.1 Å². The zero-order chi connectivity index (χ0) is 14.7. The van der Waals surface area contributed by atoms with Gasteiger partial charge in [-0.1, -0.05) is 0 Å². The summed E-state index contributed by atoms with van der Waals surface area (Å²) in [6.07, 6.45) is 11.7. The summed E-state index contributed by atoms with van der Waals surface area (Å²) in [6, 6.07) is 0.189. The molecule has 0 radical (unpaired) electrons. The number of fused-ring (bicyclic) bond motifs is 1. The molecule has 5 nitrogen and oxygen atoms in total. The van der Waals surface area contributed by atoms with Crippen LogP contribution in [0.3, 0.4) is 0 Å². The first-order valence-electron chi connectivity index (χ1n) is 6.32. The number of nitrogens with zero attached hydrogens (tertiary/aromatic N) is 1. The molecule has 3 rings (SSSR count). The van der Waals surface area contributed by atoms with Gasteiger partial charge in [-0.25, -0.2) is 0 Å². The quantitative estimate of drug-likeness (QED) is 0.237. The van der Waals surface area contributed by atoms with E-state index in [1.807, 2.05) is 16.2 Å². The molecule has 2 aliphatic heterocycles. The maximum atomic E-state index is 11.0. The van der Waals surface area contributed by atoms with Gasteiger partial charge >= 0.3 is 144 Å². The first-order valence-corrected chi connectivity index (χ1v) is 11.0. The standard InChI is InChI=1S/C14H13I2N2O3/c19-18(20)12-4-2-7-15-11(12)9-21-13-5-1-3-10-6-8-16-17-14(10)13/h1-8,10,14,17H,9H2/q-1/t10-,14?/m0/s1. The minimum absolute atomic E-state index is 0.121. The summed E-state index contributed by atoms with van der Waals surface area (Å²) in [5.41, 5.74) is 0.206. The fourth-order valence-electron chi connectivity index (χ4n) is 2.15. The molecule has 0 aromatic heterocycles. The van der Waals surface area contributed by atoms with Crippen LogP contribution in [0.25, 0.3) is 0 Å². The molecule has 0 saturated heterocycles. The monoisotopic (exact) mass is 511 g/mol. The molecule has 1 aliphatic carbocycles. The Balaban J connectivity index is 1.73. The average Bonchev–Trinajstić information content (AvgIpc) is 2.53. The molecule has 0 aromatic carbocycles. The van der Waals surface area contributed by atoms with Gasteiger partial charge < -0.3 is 0 Å². The zero-order valence-corrected chi connectivity index (χ0v) is 15.2. The summed E-state index contributed by atoms with van der Waals surface area (Å²) >= 11 is -0.567. The SMILES string of the molecule is O=[N+]([O-])C1=C(COC2=CC=C[C@H]3C=C[I-]NC23)I=CC=C1. The predicted octanol–water partition coefficient (Wildman–Crippen LogP) is -0.607. The van der Waals surface area contributed by atoms with Gasteiger partial charge in [-0.15, -0.1) is 0 Å². The van der Waals surface area contributed by atoms with E-state index in [1.165, 1.54) is 0 Å². The molecule has 0 fully saturated rings. The van der Waals surface area contributed by atoms with Crippen molar-refractivity contribution in [2.45, 2.75) is 6.04 Å². The Kier molecular flexibility index (Phi) is 5.01. The third-order valence-electron chi connectivity index (χ3n) is 3.19. The van der Waals surface area contributed by atoms with E-state index < -0.39 is 20.7 Å². The van der Waals surface area contributed by atoms with Crippen molar-refractivity contribution in [2.24, 2.45) is 5.92 Å². The molecule has 2 heterocycles. The van der Waals surface area contributed by atoms with E-state index >= 15 is 0 Å². The van der Waals surface area contributed by atoms with Crippen LogP contribution in [0.15, 0.2) is 55.6 Å². The van der Waals surface area contributed by atoms with E-state index in [-0.39, 0.29) is 38.1 Å². The number of halogens is 2. The van der Waals surface area contributed by atoms with E-state index in [0.29, 0.717) is 12.5 Å². The van der Waals surface area contributed by atoms with Gasteiger partial charge in [0.15, 0.2) is 0 Å². The van der Waals surface area contributed by atoms with Gasteiger partial charge in [0, 0.05) is 0 Å². The first-order chi connectivity index (χ1) is 10.3. The summed E-state index contributed by atoms with van der Waals surface area (Å²) in [6.45, 7) is 0.317. The van der Waals surface area contributed by atoms with E-state index in [1.54, 1.807) is 12.2 Å². The normalized spacial score (nSPS) is 27.3. The number of ether oxygens (including phenoxy) is 1. The molecule has 0 aromatic rings. The molecule has 2 atom stereocenters. The maximum absolute atomic E-state index is 11.0. The Morgan fingerprint density at radius 1 is 1.43 bits per heavy atom. The van der Waals surface area contributed by atoms with E-state index in [2.05, 4.69) is 19.8 Å². The van der Waals surface area contributed by atoms with Crippen molar-refractivity contribution in [3.63, 3.8) is 0 Å². The zero-order valence-electron chi connectivity index (χ0n) is 10.9. The van der Waals surface area contributed by atoms with Gasteiger partial charge in [0.05, 0.1) is 0 Å². The number of nitrogens with one attached hydrogen (secondary N) is 1. The van der Waals surface area contributed by atoms with Crippen LogP contribution in [0.4, 0.5) is 0 Å². The Morgan fingerprint density at radius 2 is 2.33 bits per heavy atom. The number of hydrogen-bond donors (Lipinski definition) is 1. The Bertz CT molecular complexity index is 632. The van der Waals surface area contributed by atoms with Gasteiger partial charge in [-0.3, -0.25) is 0 Å². The van der Waals surface area contributed by atoms with Crippen molar-refractivity contribution < 1.29 is 31.1 Å². The fourth-order valence-corrected chi connectivity index (χ4v) is 6.03.